The molecule has 2 aromatic carbocycles. The normalized spacial score (nSPS) is 11.1. The van der Waals surface area contributed by atoms with Crippen molar-refractivity contribution in [2.45, 2.75) is 31.5 Å². The Hall–Kier alpha value is -3.53. The first-order valence-electron chi connectivity index (χ1n) is 9.89. The summed E-state index contributed by atoms with van der Waals surface area (Å²) < 4.78 is 25.5. The first-order valence-corrected chi connectivity index (χ1v) is 10.9. The number of halogens is 1. The number of ether oxygens (including phenoxy) is 1. The minimum Gasteiger partial charge on any atom is -0.455 e. The second kappa shape index (κ2) is 9.73. The largest absolute Gasteiger partial charge is 0.455 e. The maximum atomic E-state index is 13.4. The van der Waals surface area contributed by atoms with E-state index in [0.29, 0.717) is 22.4 Å². The lowest BCUT2D eigenvalue weighted by atomic mass is 10.2. The van der Waals surface area contributed by atoms with Gasteiger partial charge in [-0.2, -0.15) is 4.98 Å². The fourth-order valence-electron chi connectivity index (χ4n) is 2.83. The maximum Gasteiger partial charge on any atom is 0.316 e. The molecule has 0 saturated heterocycles. The van der Waals surface area contributed by atoms with Crippen molar-refractivity contribution in [3.05, 3.63) is 72.1 Å². The van der Waals surface area contributed by atoms with Gasteiger partial charge >= 0.3 is 5.97 Å². The molecule has 164 valence electrons. The Morgan fingerprint density at radius 1 is 1.12 bits per heavy atom. The quantitative estimate of drug-likeness (QED) is 0.286. The predicted molar refractivity (Wildman–Crippen MR) is 116 cm³/mol. The van der Waals surface area contributed by atoms with Gasteiger partial charge in [-0.05, 0) is 36.4 Å². The second-order valence-corrected chi connectivity index (χ2v) is 8.08. The number of rotatable bonds is 8. The van der Waals surface area contributed by atoms with E-state index in [4.69, 9.17) is 9.26 Å². The van der Waals surface area contributed by atoms with E-state index in [0.717, 1.165) is 5.69 Å². The number of para-hydroxylation sites is 1. The molecular formula is C22H20FN5O3S. The van der Waals surface area contributed by atoms with Crippen LogP contribution in [0.3, 0.4) is 0 Å². The molecule has 32 heavy (non-hydrogen) atoms. The lowest BCUT2D eigenvalue weighted by molar-refractivity contribution is -0.142. The number of hydrogen-bond acceptors (Lipinski definition) is 8. The SMILES string of the molecule is CC(C)c1noc(COC(=O)CSc2nnc(-c3ccc(F)cc3)n2-c2ccccc2)n1. The van der Waals surface area contributed by atoms with Gasteiger partial charge in [0, 0.05) is 17.2 Å². The molecule has 0 radical (unpaired) electrons. The first-order chi connectivity index (χ1) is 15.5. The number of nitrogens with zero attached hydrogens (tertiary/aromatic N) is 5. The van der Waals surface area contributed by atoms with Gasteiger partial charge < -0.3 is 9.26 Å². The zero-order chi connectivity index (χ0) is 22.5. The molecule has 0 atom stereocenters. The summed E-state index contributed by atoms with van der Waals surface area (Å²) in [5, 5.41) is 12.9. The summed E-state index contributed by atoms with van der Waals surface area (Å²) in [5.41, 5.74) is 1.52. The van der Waals surface area contributed by atoms with Gasteiger partial charge in [0.25, 0.3) is 5.89 Å². The highest BCUT2D eigenvalue weighted by atomic mass is 32.2. The Morgan fingerprint density at radius 2 is 1.88 bits per heavy atom. The van der Waals surface area contributed by atoms with Gasteiger partial charge in [-0.25, -0.2) is 4.39 Å². The molecule has 0 unspecified atom stereocenters. The van der Waals surface area contributed by atoms with Gasteiger partial charge in [0.2, 0.25) is 0 Å². The third-order valence-electron chi connectivity index (χ3n) is 4.43. The van der Waals surface area contributed by atoms with E-state index in [-0.39, 0.29) is 30.0 Å². The number of aromatic nitrogens is 5. The van der Waals surface area contributed by atoms with Crippen molar-refractivity contribution in [1.29, 1.82) is 0 Å². The Balaban J connectivity index is 1.48. The van der Waals surface area contributed by atoms with Gasteiger partial charge in [0.05, 0.1) is 5.75 Å². The van der Waals surface area contributed by atoms with Crippen LogP contribution in [0.4, 0.5) is 4.39 Å². The fraction of sp³-hybridized carbons (Fsp3) is 0.227. The van der Waals surface area contributed by atoms with Crippen LogP contribution in [0, 0.1) is 5.82 Å². The molecule has 4 rings (SSSR count). The Kier molecular flexibility index (Phi) is 6.60. The Labute approximate surface area is 187 Å². The molecule has 0 amide bonds. The predicted octanol–water partition coefficient (Wildman–Crippen LogP) is 4.42. The molecule has 0 saturated carbocycles. The van der Waals surface area contributed by atoms with E-state index in [1.807, 2.05) is 48.7 Å². The molecule has 0 bridgehead atoms. The minimum atomic E-state index is -0.453. The third-order valence-corrected chi connectivity index (χ3v) is 5.33. The molecule has 0 N–H and O–H groups in total. The summed E-state index contributed by atoms with van der Waals surface area (Å²) in [6, 6.07) is 15.5. The molecule has 0 fully saturated rings. The van der Waals surface area contributed by atoms with Gasteiger partial charge in [-0.3, -0.25) is 9.36 Å². The molecule has 0 aliphatic heterocycles. The Bertz CT molecular complexity index is 1190. The van der Waals surface area contributed by atoms with Crippen LogP contribution in [0.25, 0.3) is 17.1 Å². The highest BCUT2D eigenvalue weighted by Crippen LogP contribution is 2.28. The van der Waals surface area contributed by atoms with Crippen LogP contribution in [-0.4, -0.2) is 36.6 Å². The fourth-order valence-corrected chi connectivity index (χ4v) is 3.58. The molecule has 2 heterocycles. The average molecular weight is 453 g/mol. The summed E-state index contributed by atoms with van der Waals surface area (Å²) in [6.07, 6.45) is 0. The van der Waals surface area contributed by atoms with Crippen LogP contribution in [-0.2, 0) is 16.1 Å². The van der Waals surface area contributed by atoms with Crippen LogP contribution in [0.5, 0.6) is 0 Å². The minimum absolute atomic E-state index is 0.0135. The second-order valence-electron chi connectivity index (χ2n) is 7.13. The van der Waals surface area contributed by atoms with E-state index < -0.39 is 5.97 Å². The van der Waals surface area contributed by atoms with Gasteiger partial charge in [0.15, 0.2) is 23.4 Å². The van der Waals surface area contributed by atoms with E-state index in [9.17, 15) is 9.18 Å². The summed E-state index contributed by atoms with van der Waals surface area (Å²) in [4.78, 5) is 16.4. The molecule has 2 aromatic heterocycles. The number of thioether (sulfide) groups is 1. The monoisotopic (exact) mass is 453 g/mol. The Morgan fingerprint density at radius 3 is 2.56 bits per heavy atom. The zero-order valence-electron chi connectivity index (χ0n) is 17.4. The lowest BCUT2D eigenvalue weighted by Crippen LogP contribution is -2.09. The molecular weight excluding hydrogens is 433 g/mol. The zero-order valence-corrected chi connectivity index (χ0v) is 18.3. The molecule has 10 heteroatoms. The van der Waals surface area contributed by atoms with Crippen molar-refractivity contribution in [1.82, 2.24) is 24.9 Å². The summed E-state index contributed by atoms with van der Waals surface area (Å²) in [5.74, 6) is 0.703. The highest BCUT2D eigenvalue weighted by molar-refractivity contribution is 7.99. The van der Waals surface area contributed by atoms with Crippen molar-refractivity contribution in [2.24, 2.45) is 0 Å². The summed E-state index contributed by atoms with van der Waals surface area (Å²) in [6.45, 7) is 3.80. The van der Waals surface area contributed by atoms with E-state index >= 15 is 0 Å². The molecule has 8 nitrogen and oxygen atoms in total. The maximum absolute atomic E-state index is 13.4. The highest BCUT2D eigenvalue weighted by Gasteiger charge is 2.18. The number of carbonyl (C=O) groups is 1. The van der Waals surface area contributed by atoms with Crippen LogP contribution >= 0.6 is 11.8 Å². The van der Waals surface area contributed by atoms with Crippen molar-refractivity contribution in [3.8, 4) is 17.1 Å². The van der Waals surface area contributed by atoms with E-state index in [2.05, 4.69) is 20.3 Å². The smallest absolute Gasteiger partial charge is 0.316 e. The number of carbonyl (C=O) groups excluding carboxylic acids is 1. The van der Waals surface area contributed by atoms with Crippen LogP contribution in [0.15, 0.2) is 64.3 Å². The molecule has 0 spiro atoms. The van der Waals surface area contributed by atoms with E-state index in [1.165, 1.54) is 23.9 Å². The van der Waals surface area contributed by atoms with Crippen molar-refractivity contribution >= 4 is 17.7 Å². The lowest BCUT2D eigenvalue weighted by Gasteiger charge is -2.10. The molecule has 0 aliphatic carbocycles. The molecule has 4 aromatic rings. The molecule has 0 aliphatic rings. The van der Waals surface area contributed by atoms with E-state index in [1.54, 1.807) is 12.1 Å². The van der Waals surface area contributed by atoms with Crippen molar-refractivity contribution in [3.63, 3.8) is 0 Å². The van der Waals surface area contributed by atoms with Crippen molar-refractivity contribution < 1.29 is 18.4 Å². The number of benzene rings is 2. The van der Waals surface area contributed by atoms with Gasteiger partial charge in [-0.15, -0.1) is 10.2 Å². The van der Waals surface area contributed by atoms with Crippen LogP contribution < -0.4 is 0 Å². The van der Waals surface area contributed by atoms with Crippen molar-refractivity contribution in [2.75, 3.05) is 5.75 Å². The van der Waals surface area contributed by atoms with Crippen LogP contribution in [0.2, 0.25) is 0 Å². The van der Waals surface area contributed by atoms with Crippen LogP contribution in [0.1, 0.15) is 31.5 Å². The third kappa shape index (κ3) is 5.02. The topological polar surface area (TPSA) is 95.9 Å². The van der Waals surface area contributed by atoms with Gasteiger partial charge in [-0.1, -0.05) is 49.0 Å². The average Bonchev–Trinajstić information content (AvgIpc) is 3.45. The summed E-state index contributed by atoms with van der Waals surface area (Å²) >= 11 is 1.19. The van der Waals surface area contributed by atoms with Gasteiger partial charge in [0.1, 0.15) is 5.82 Å². The summed E-state index contributed by atoms with van der Waals surface area (Å²) in [7, 11) is 0. The number of hydrogen-bond donors (Lipinski definition) is 0. The number of esters is 1. The first kappa shape index (κ1) is 21.7. The standard InChI is InChI=1S/C22H20FN5O3S/c1-14(2)20-24-18(31-27-20)12-30-19(29)13-32-22-26-25-21(15-8-10-16(23)11-9-15)28(22)17-6-4-3-5-7-17/h3-11,14H,12-13H2,1-2H3.